The molecule has 2 heterocycles. The Morgan fingerprint density at radius 3 is 2.89 bits per heavy atom. The Morgan fingerprint density at radius 1 is 1.50 bits per heavy atom. The number of halogens is 1. The van der Waals surface area contributed by atoms with Gasteiger partial charge in [0.2, 0.25) is 0 Å². The van der Waals surface area contributed by atoms with Crippen LogP contribution in [-0.2, 0) is 4.74 Å². The molecule has 2 rings (SSSR count). The molecule has 1 amide bonds. The normalized spacial score (nSPS) is 11.6. The van der Waals surface area contributed by atoms with Gasteiger partial charge in [0.15, 0.2) is 5.65 Å². The summed E-state index contributed by atoms with van der Waals surface area (Å²) in [5.74, 6) is 0.173. The summed E-state index contributed by atoms with van der Waals surface area (Å²) in [4.78, 5) is 15.6. The van der Waals surface area contributed by atoms with Crippen molar-refractivity contribution in [2.75, 3.05) is 5.32 Å². The third-order valence-corrected chi connectivity index (χ3v) is 2.15. The van der Waals surface area contributed by atoms with Gasteiger partial charge in [0.25, 0.3) is 5.95 Å². The molecule has 2 aromatic heterocycles. The smallest absolute Gasteiger partial charge is 0.414 e. The van der Waals surface area contributed by atoms with Crippen LogP contribution in [0.15, 0.2) is 18.3 Å². The maximum Gasteiger partial charge on any atom is 0.414 e. The highest BCUT2D eigenvalue weighted by Crippen LogP contribution is 2.13. The molecule has 0 atom stereocenters. The number of nitrogens with zero attached hydrogens (tertiary/aromatic N) is 3. The topological polar surface area (TPSA) is 68.5 Å². The maximum atomic E-state index is 11.5. The second-order valence-corrected chi connectivity index (χ2v) is 5.15. The molecule has 0 saturated heterocycles. The minimum Gasteiger partial charge on any atom is -0.444 e. The molecule has 0 fully saturated rings. The van der Waals surface area contributed by atoms with Crippen LogP contribution in [0.4, 0.5) is 10.7 Å². The van der Waals surface area contributed by atoms with Crippen molar-refractivity contribution in [1.29, 1.82) is 0 Å². The molecule has 0 spiro atoms. The Labute approximate surface area is 109 Å². The van der Waals surface area contributed by atoms with Crippen LogP contribution in [0, 0.1) is 0 Å². The van der Waals surface area contributed by atoms with E-state index in [4.69, 9.17) is 16.3 Å². The van der Waals surface area contributed by atoms with Gasteiger partial charge < -0.3 is 4.74 Å². The summed E-state index contributed by atoms with van der Waals surface area (Å²) < 4.78 is 6.61. The second kappa shape index (κ2) is 4.45. The lowest BCUT2D eigenvalue weighted by atomic mass is 10.2. The Kier molecular flexibility index (Phi) is 3.13. The first kappa shape index (κ1) is 12.6. The van der Waals surface area contributed by atoms with E-state index in [2.05, 4.69) is 15.4 Å². The van der Waals surface area contributed by atoms with Crippen molar-refractivity contribution in [3.63, 3.8) is 0 Å². The van der Waals surface area contributed by atoms with Crippen molar-refractivity contribution < 1.29 is 9.53 Å². The summed E-state index contributed by atoms with van der Waals surface area (Å²) in [7, 11) is 0. The molecule has 6 nitrogen and oxygen atoms in total. The van der Waals surface area contributed by atoms with E-state index in [1.807, 2.05) is 0 Å². The van der Waals surface area contributed by atoms with Crippen LogP contribution in [0.3, 0.4) is 0 Å². The summed E-state index contributed by atoms with van der Waals surface area (Å²) >= 11 is 5.83. The number of aromatic nitrogens is 3. The molecule has 0 aliphatic heterocycles. The quantitative estimate of drug-likeness (QED) is 0.863. The molecule has 0 aliphatic rings. The highest BCUT2D eigenvalue weighted by Gasteiger charge is 2.17. The van der Waals surface area contributed by atoms with Gasteiger partial charge in [-0.15, -0.1) is 5.10 Å². The number of hydrogen-bond donors (Lipinski definition) is 1. The lowest BCUT2D eigenvalue weighted by Gasteiger charge is -2.18. The summed E-state index contributed by atoms with van der Waals surface area (Å²) in [6.07, 6.45) is 1.06. The lowest BCUT2D eigenvalue weighted by Crippen LogP contribution is -2.27. The first-order valence-corrected chi connectivity index (χ1v) is 5.73. The van der Waals surface area contributed by atoms with Crippen molar-refractivity contribution >= 4 is 29.3 Å². The number of amides is 1. The fraction of sp³-hybridized carbons (Fsp3) is 0.364. The van der Waals surface area contributed by atoms with Gasteiger partial charge in [-0.25, -0.2) is 9.31 Å². The number of ether oxygens (including phenoxy) is 1. The van der Waals surface area contributed by atoms with E-state index >= 15 is 0 Å². The number of carbonyl (C=O) groups is 1. The van der Waals surface area contributed by atoms with Crippen LogP contribution >= 0.6 is 11.6 Å². The fourth-order valence-electron chi connectivity index (χ4n) is 1.30. The first-order valence-electron chi connectivity index (χ1n) is 5.35. The van der Waals surface area contributed by atoms with Crippen LogP contribution in [-0.4, -0.2) is 26.3 Å². The monoisotopic (exact) mass is 268 g/mol. The molecular weight excluding hydrogens is 256 g/mol. The molecule has 0 saturated carbocycles. The number of pyridine rings is 1. The molecule has 0 aliphatic carbocycles. The van der Waals surface area contributed by atoms with Crippen LogP contribution < -0.4 is 5.32 Å². The van der Waals surface area contributed by atoms with Crippen molar-refractivity contribution in [3.8, 4) is 0 Å². The number of fused-ring (bicyclic) bond motifs is 1. The SMILES string of the molecule is CC(C)(C)OC(=O)Nc1nc2cc(Cl)ccn2n1. The van der Waals surface area contributed by atoms with E-state index < -0.39 is 11.7 Å². The molecular formula is C11H13ClN4O2. The van der Waals surface area contributed by atoms with Crippen molar-refractivity contribution in [3.05, 3.63) is 23.4 Å². The third kappa shape index (κ3) is 3.10. The highest BCUT2D eigenvalue weighted by atomic mass is 35.5. The summed E-state index contributed by atoms with van der Waals surface area (Å²) in [6.45, 7) is 5.34. The van der Waals surface area contributed by atoms with Gasteiger partial charge >= 0.3 is 6.09 Å². The summed E-state index contributed by atoms with van der Waals surface area (Å²) in [5.41, 5.74) is -0.0134. The molecule has 1 N–H and O–H groups in total. The Bertz CT molecular complexity index is 588. The molecule has 0 unspecified atom stereocenters. The number of nitrogens with one attached hydrogen (secondary N) is 1. The Hall–Kier alpha value is -1.82. The van der Waals surface area contributed by atoms with E-state index in [1.165, 1.54) is 4.52 Å². The predicted octanol–water partition coefficient (Wildman–Crippen LogP) is 2.73. The van der Waals surface area contributed by atoms with Crippen LogP contribution in [0.25, 0.3) is 5.65 Å². The minimum atomic E-state index is -0.593. The van der Waals surface area contributed by atoms with Crippen LogP contribution in [0.2, 0.25) is 5.02 Å². The number of hydrogen-bond acceptors (Lipinski definition) is 4. The Balaban J connectivity index is 2.15. The zero-order valence-electron chi connectivity index (χ0n) is 10.3. The number of anilines is 1. The summed E-state index contributed by atoms with van der Waals surface area (Å²) in [6, 6.07) is 3.33. The van der Waals surface area contributed by atoms with Gasteiger partial charge in [0, 0.05) is 17.3 Å². The van der Waals surface area contributed by atoms with Gasteiger partial charge in [0.05, 0.1) is 0 Å². The van der Waals surface area contributed by atoms with Crippen molar-refractivity contribution in [2.45, 2.75) is 26.4 Å². The van der Waals surface area contributed by atoms with Gasteiger partial charge in [0.1, 0.15) is 5.60 Å². The van der Waals surface area contributed by atoms with E-state index in [1.54, 1.807) is 39.1 Å². The standard InChI is InChI=1S/C11H13ClN4O2/c1-11(2,3)18-10(17)14-9-13-8-6-7(12)4-5-16(8)15-9/h4-6H,1-3H3,(H,14,15,17). The van der Waals surface area contributed by atoms with Crippen molar-refractivity contribution in [1.82, 2.24) is 14.6 Å². The van der Waals surface area contributed by atoms with E-state index in [9.17, 15) is 4.79 Å². The van der Waals surface area contributed by atoms with Gasteiger partial charge in [-0.05, 0) is 26.8 Å². The van der Waals surface area contributed by atoms with Crippen LogP contribution in [0.1, 0.15) is 20.8 Å². The molecule has 0 aromatic carbocycles. The van der Waals surface area contributed by atoms with E-state index in [0.29, 0.717) is 10.7 Å². The van der Waals surface area contributed by atoms with E-state index in [-0.39, 0.29) is 5.95 Å². The molecule has 18 heavy (non-hydrogen) atoms. The molecule has 0 bridgehead atoms. The average Bonchev–Trinajstić information content (AvgIpc) is 2.55. The molecule has 0 radical (unpaired) electrons. The zero-order valence-corrected chi connectivity index (χ0v) is 11.0. The van der Waals surface area contributed by atoms with Crippen molar-refractivity contribution in [2.24, 2.45) is 0 Å². The van der Waals surface area contributed by atoms with Gasteiger partial charge in [-0.1, -0.05) is 11.6 Å². The first-order chi connectivity index (χ1) is 8.33. The minimum absolute atomic E-state index is 0.173. The third-order valence-electron chi connectivity index (χ3n) is 1.91. The molecule has 2 aromatic rings. The maximum absolute atomic E-state index is 11.5. The molecule has 96 valence electrons. The Morgan fingerprint density at radius 2 is 2.22 bits per heavy atom. The fourth-order valence-corrected chi connectivity index (χ4v) is 1.46. The number of rotatable bonds is 1. The van der Waals surface area contributed by atoms with Crippen LogP contribution in [0.5, 0.6) is 0 Å². The second-order valence-electron chi connectivity index (χ2n) is 4.71. The van der Waals surface area contributed by atoms with Gasteiger partial charge in [-0.2, -0.15) is 4.98 Å². The molecule has 7 heteroatoms. The zero-order chi connectivity index (χ0) is 13.3. The summed E-state index contributed by atoms with van der Waals surface area (Å²) in [5, 5.41) is 7.07. The van der Waals surface area contributed by atoms with Gasteiger partial charge in [-0.3, -0.25) is 5.32 Å². The van der Waals surface area contributed by atoms with E-state index in [0.717, 1.165) is 0 Å². The largest absolute Gasteiger partial charge is 0.444 e. The highest BCUT2D eigenvalue weighted by molar-refractivity contribution is 6.30. The predicted molar refractivity (Wildman–Crippen MR) is 67.9 cm³/mol. The lowest BCUT2D eigenvalue weighted by molar-refractivity contribution is 0.0634. The number of carbonyl (C=O) groups excluding carboxylic acids is 1. The average molecular weight is 269 g/mol.